The van der Waals surface area contributed by atoms with E-state index in [-0.39, 0.29) is 6.61 Å². The third-order valence-electron chi connectivity index (χ3n) is 1.97. The van der Waals surface area contributed by atoms with Gasteiger partial charge in [0.25, 0.3) is 0 Å². The summed E-state index contributed by atoms with van der Waals surface area (Å²) in [6.45, 7) is 0.304. The zero-order valence-electron chi connectivity index (χ0n) is 7.93. The van der Waals surface area contributed by atoms with Crippen LogP contribution in [0.1, 0.15) is 5.56 Å². The Kier molecular flexibility index (Phi) is 4.55. The predicted octanol–water partition coefficient (Wildman–Crippen LogP) is -0.586. The Balaban J connectivity index is 2.34. The van der Waals surface area contributed by atoms with E-state index in [2.05, 4.69) is 5.32 Å². The minimum absolute atomic E-state index is 0.233. The van der Waals surface area contributed by atoms with E-state index in [1.165, 1.54) is 0 Å². The van der Waals surface area contributed by atoms with Crippen LogP contribution in [0.4, 0.5) is 0 Å². The van der Waals surface area contributed by atoms with Gasteiger partial charge in [-0.15, -0.1) is 0 Å². The summed E-state index contributed by atoms with van der Waals surface area (Å²) in [5.74, 6) is 0. The molecule has 1 aromatic rings. The number of aliphatic hydroxyl groups is 2. The van der Waals surface area contributed by atoms with Gasteiger partial charge in [-0.1, -0.05) is 30.3 Å². The summed E-state index contributed by atoms with van der Waals surface area (Å²) in [6.07, 6.45) is -0.875. The van der Waals surface area contributed by atoms with Crippen LogP contribution in [0.5, 0.6) is 0 Å². The van der Waals surface area contributed by atoms with Gasteiger partial charge in [0, 0.05) is 6.54 Å². The normalized spacial score (nSPS) is 15.1. The molecule has 4 heteroatoms. The Morgan fingerprint density at radius 3 is 2.50 bits per heavy atom. The van der Waals surface area contributed by atoms with E-state index in [1.54, 1.807) is 0 Å². The van der Waals surface area contributed by atoms with Crippen LogP contribution < -0.4 is 11.1 Å². The lowest BCUT2D eigenvalue weighted by molar-refractivity contribution is 0.0791. The van der Waals surface area contributed by atoms with Gasteiger partial charge in [-0.25, -0.2) is 0 Å². The Hall–Kier alpha value is -0.940. The lowest BCUT2D eigenvalue weighted by Gasteiger charge is -2.17. The molecule has 2 atom stereocenters. The molecule has 0 aliphatic carbocycles. The molecule has 0 spiro atoms. The SMILES string of the molecule is NC(CO)C(O)NCc1ccccc1. The fourth-order valence-corrected chi connectivity index (χ4v) is 1.07. The van der Waals surface area contributed by atoms with Crippen molar-refractivity contribution in [2.24, 2.45) is 5.73 Å². The zero-order chi connectivity index (χ0) is 10.4. The van der Waals surface area contributed by atoms with Crippen LogP contribution >= 0.6 is 0 Å². The molecule has 0 radical (unpaired) electrons. The molecular weight excluding hydrogens is 180 g/mol. The average Bonchev–Trinajstić information content (AvgIpc) is 2.26. The van der Waals surface area contributed by atoms with E-state index in [9.17, 15) is 5.11 Å². The molecule has 0 saturated carbocycles. The van der Waals surface area contributed by atoms with Gasteiger partial charge in [0.1, 0.15) is 6.23 Å². The van der Waals surface area contributed by atoms with E-state index in [0.717, 1.165) is 5.56 Å². The van der Waals surface area contributed by atoms with Crippen molar-refractivity contribution < 1.29 is 10.2 Å². The maximum Gasteiger partial charge on any atom is 0.122 e. The highest BCUT2D eigenvalue weighted by Crippen LogP contribution is 1.98. The van der Waals surface area contributed by atoms with Crippen molar-refractivity contribution in [2.45, 2.75) is 18.8 Å². The second kappa shape index (κ2) is 5.72. The highest BCUT2D eigenvalue weighted by Gasteiger charge is 2.11. The molecule has 2 unspecified atom stereocenters. The maximum absolute atomic E-state index is 9.38. The number of hydrogen-bond acceptors (Lipinski definition) is 4. The van der Waals surface area contributed by atoms with Gasteiger partial charge in [-0.05, 0) is 5.56 Å². The van der Waals surface area contributed by atoms with Gasteiger partial charge in [-0.2, -0.15) is 0 Å². The topological polar surface area (TPSA) is 78.5 Å². The van der Waals surface area contributed by atoms with Gasteiger partial charge >= 0.3 is 0 Å². The molecule has 5 N–H and O–H groups in total. The second-order valence-electron chi connectivity index (χ2n) is 3.16. The standard InChI is InChI=1S/C10H16N2O2/c11-9(7-13)10(14)12-6-8-4-2-1-3-5-8/h1-5,9-10,12-14H,6-7,11H2. The molecule has 78 valence electrons. The zero-order valence-corrected chi connectivity index (χ0v) is 7.93. The first kappa shape index (κ1) is 11.1. The lowest BCUT2D eigenvalue weighted by Crippen LogP contribution is -2.46. The summed E-state index contributed by atoms with van der Waals surface area (Å²) in [4.78, 5) is 0. The third-order valence-corrected chi connectivity index (χ3v) is 1.97. The number of benzene rings is 1. The minimum Gasteiger partial charge on any atom is -0.395 e. The summed E-state index contributed by atoms with van der Waals surface area (Å²) < 4.78 is 0. The van der Waals surface area contributed by atoms with E-state index in [0.29, 0.717) is 6.54 Å². The van der Waals surface area contributed by atoms with Crippen molar-refractivity contribution in [2.75, 3.05) is 6.61 Å². The van der Waals surface area contributed by atoms with Crippen molar-refractivity contribution in [1.82, 2.24) is 5.32 Å². The fourth-order valence-electron chi connectivity index (χ4n) is 1.07. The number of nitrogens with one attached hydrogen (secondary N) is 1. The molecule has 0 aromatic heterocycles. The number of aliphatic hydroxyl groups excluding tert-OH is 2. The first-order valence-corrected chi connectivity index (χ1v) is 4.56. The minimum atomic E-state index is -0.875. The Morgan fingerprint density at radius 2 is 1.93 bits per heavy atom. The fraction of sp³-hybridized carbons (Fsp3) is 0.400. The smallest absolute Gasteiger partial charge is 0.122 e. The summed E-state index contributed by atoms with van der Waals surface area (Å²) in [5.41, 5.74) is 6.48. The van der Waals surface area contributed by atoms with Crippen LogP contribution in [0.3, 0.4) is 0 Å². The average molecular weight is 196 g/mol. The summed E-state index contributed by atoms with van der Waals surface area (Å²) in [6, 6.07) is 9.04. The monoisotopic (exact) mass is 196 g/mol. The van der Waals surface area contributed by atoms with Crippen LogP contribution in [-0.4, -0.2) is 29.1 Å². The van der Waals surface area contributed by atoms with Gasteiger partial charge < -0.3 is 15.9 Å². The van der Waals surface area contributed by atoms with Crippen molar-refractivity contribution in [3.63, 3.8) is 0 Å². The first-order valence-electron chi connectivity index (χ1n) is 4.56. The van der Waals surface area contributed by atoms with Crippen molar-refractivity contribution >= 4 is 0 Å². The molecule has 1 rings (SSSR count). The summed E-state index contributed by atoms with van der Waals surface area (Å²) in [5, 5.41) is 20.9. The summed E-state index contributed by atoms with van der Waals surface area (Å²) in [7, 11) is 0. The molecule has 0 fully saturated rings. The van der Waals surface area contributed by atoms with Crippen LogP contribution in [0.25, 0.3) is 0 Å². The Morgan fingerprint density at radius 1 is 1.29 bits per heavy atom. The number of hydrogen-bond donors (Lipinski definition) is 4. The van der Waals surface area contributed by atoms with Crippen LogP contribution in [-0.2, 0) is 6.54 Å². The van der Waals surface area contributed by atoms with E-state index in [4.69, 9.17) is 10.8 Å². The molecule has 0 bridgehead atoms. The van der Waals surface area contributed by atoms with E-state index in [1.807, 2.05) is 30.3 Å². The number of nitrogens with two attached hydrogens (primary N) is 1. The molecule has 0 aliphatic rings. The van der Waals surface area contributed by atoms with Crippen molar-refractivity contribution in [3.05, 3.63) is 35.9 Å². The van der Waals surface area contributed by atoms with E-state index < -0.39 is 12.3 Å². The Labute approximate surface area is 83.4 Å². The molecule has 1 aromatic carbocycles. The first-order chi connectivity index (χ1) is 6.74. The predicted molar refractivity (Wildman–Crippen MR) is 54.3 cm³/mol. The maximum atomic E-state index is 9.38. The molecular formula is C10H16N2O2. The van der Waals surface area contributed by atoms with E-state index >= 15 is 0 Å². The van der Waals surface area contributed by atoms with Crippen LogP contribution in [0.2, 0.25) is 0 Å². The third kappa shape index (κ3) is 3.43. The van der Waals surface area contributed by atoms with Gasteiger partial charge in [0.05, 0.1) is 12.6 Å². The number of rotatable bonds is 5. The van der Waals surface area contributed by atoms with Gasteiger partial charge in [-0.3, -0.25) is 5.32 Å². The molecule has 0 saturated heterocycles. The van der Waals surface area contributed by atoms with Crippen LogP contribution in [0.15, 0.2) is 30.3 Å². The van der Waals surface area contributed by atoms with Gasteiger partial charge in [0.15, 0.2) is 0 Å². The molecule has 14 heavy (non-hydrogen) atoms. The summed E-state index contributed by atoms with van der Waals surface area (Å²) >= 11 is 0. The van der Waals surface area contributed by atoms with Crippen LogP contribution in [0, 0.1) is 0 Å². The highest BCUT2D eigenvalue weighted by molar-refractivity contribution is 5.14. The second-order valence-corrected chi connectivity index (χ2v) is 3.16. The molecule has 0 heterocycles. The lowest BCUT2D eigenvalue weighted by atomic mass is 10.2. The molecule has 0 aliphatic heterocycles. The highest BCUT2D eigenvalue weighted by atomic mass is 16.3. The largest absolute Gasteiger partial charge is 0.395 e. The van der Waals surface area contributed by atoms with Gasteiger partial charge in [0.2, 0.25) is 0 Å². The molecule has 4 nitrogen and oxygen atoms in total. The van der Waals surface area contributed by atoms with Crippen molar-refractivity contribution in [1.29, 1.82) is 0 Å². The Bertz CT molecular complexity index is 254. The quantitative estimate of drug-likeness (QED) is 0.475. The van der Waals surface area contributed by atoms with Crippen molar-refractivity contribution in [3.8, 4) is 0 Å². The molecule has 0 amide bonds.